The molecular weight excluding hydrogens is 278 g/mol. The first-order valence-corrected chi connectivity index (χ1v) is 7.77. The van der Waals surface area contributed by atoms with Crippen molar-refractivity contribution in [3.05, 3.63) is 0 Å². The number of ether oxygens (including phenoxy) is 1. The number of nitrogens with zero attached hydrogens (tertiary/aromatic N) is 1. The highest BCUT2D eigenvalue weighted by Gasteiger charge is 2.25. The van der Waals surface area contributed by atoms with Crippen molar-refractivity contribution in [2.24, 2.45) is 5.92 Å². The number of alkyl halides is 1. The number of likely N-dealkylation sites (tertiary alicyclic amines) is 1. The molecule has 1 rings (SSSR count). The average molecular weight is 304 g/mol. The van der Waals surface area contributed by atoms with Gasteiger partial charge in [0.25, 0.3) is 0 Å². The molecule has 0 radical (unpaired) electrons. The van der Waals surface area contributed by atoms with E-state index in [9.17, 15) is 9.59 Å². The number of esters is 1. The van der Waals surface area contributed by atoms with Gasteiger partial charge in [0.15, 0.2) is 0 Å². The summed E-state index contributed by atoms with van der Waals surface area (Å²) >= 11 is 5.84. The predicted octanol–water partition coefficient (Wildman–Crippen LogP) is 2.97. The van der Waals surface area contributed by atoms with Gasteiger partial charge in [0.1, 0.15) is 11.0 Å². The summed E-state index contributed by atoms with van der Waals surface area (Å²) < 4.78 is 5.35. The standard InChI is InChI=1S/C15H26ClNO3/c1-11(16)14(19)17-8-5-6-12(7-9-17)10-13(18)20-15(2,3)4/h11-12H,5-10H2,1-4H3. The first-order chi connectivity index (χ1) is 9.19. The highest BCUT2D eigenvalue weighted by Crippen LogP contribution is 2.23. The quantitative estimate of drug-likeness (QED) is 0.595. The fraction of sp³-hybridized carbons (Fsp3) is 0.867. The summed E-state index contributed by atoms with van der Waals surface area (Å²) in [5.74, 6) is 0.144. The summed E-state index contributed by atoms with van der Waals surface area (Å²) in [5, 5.41) is -0.475. The fourth-order valence-electron chi connectivity index (χ4n) is 2.46. The van der Waals surface area contributed by atoms with Crippen molar-refractivity contribution in [2.45, 2.75) is 64.4 Å². The molecule has 4 nitrogen and oxygen atoms in total. The van der Waals surface area contributed by atoms with Crippen LogP contribution in [0.1, 0.15) is 53.4 Å². The van der Waals surface area contributed by atoms with Gasteiger partial charge in [-0.25, -0.2) is 0 Å². The second-order valence-corrected chi connectivity index (χ2v) is 7.18. The summed E-state index contributed by atoms with van der Waals surface area (Å²) in [5.41, 5.74) is -0.433. The van der Waals surface area contributed by atoms with E-state index < -0.39 is 11.0 Å². The summed E-state index contributed by atoms with van der Waals surface area (Å²) in [6.45, 7) is 8.75. The van der Waals surface area contributed by atoms with Crippen LogP contribution in [-0.2, 0) is 14.3 Å². The van der Waals surface area contributed by atoms with Gasteiger partial charge in [-0.15, -0.1) is 11.6 Å². The second-order valence-electron chi connectivity index (χ2n) is 6.53. The largest absolute Gasteiger partial charge is 0.460 e. The lowest BCUT2D eigenvalue weighted by molar-refractivity contribution is -0.156. The van der Waals surface area contributed by atoms with E-state index in [1.807, 2.05) is 25.7 Å². The molecule has 0 aliphatic carbocycles. The van der Waals surface area contributed by atoms with Crippen LogP contribution in [0, 0.1) is 5.92 Å². The molecule has 0 N–H and O–H groups in total. The Hall–Kier alpha value is -0.770. The first-order valence-electron chi connectivity index (χ1n) is 7.34. The summed E-state index contributed by atoms with van der Waals surface area (Å²) in [4.78, 5) is 25.5. The Balaban J connectivity index is 2.44. The van der Waals surface area contributed by atoms with Gasteiger partial charge >= 0.3 is 5.97 Å². The van der Waals surface area contributed by atoms with E-state index in [1.165, 1.54) is 0 Å². The van der Waals surface area contributed by atoms with Crippen molar-refractivity contribution in [2.75, 3.05) is 13.1 Å². The van der Waals surface area contributed by atoms with Crippen LogP contribution in [0.2, 0.25) is 0 Å². The smallest absolute Gasteiger partial charge is 0.306 e. The van der Waals surface area contributed by atoms with Crippen LogP contribution in [0.4, 0.5) is 0 Å². The van der Waals surface area contributed by atoms with Crippen LogP contribution < -0.4 is 0 Å². The molecule has 1 aliphatic rings. The van der Waals surface area contributed by atoms with Crippen LogP contribution in [0.25, 0.3) is 0 Å². The molecule has 1 fully saturated rings. The number of carbonyl (C=O) groups excluding carboxylic acids is 2. The Labute approximate surface area is 126 Å². The summed E-state index contributed by atoms with van der Waals surface area (Å²) in [7, 11) is 0. The fourth-order valence-corrected chi connectivity index (χ4v) is 2.60. The van der Waals surface area contributed by atoms with Gasteiger partial charge in [-0.05, 0) is 52.9 Å². The molecule has 2 atom stereocenters. The Morgan fingerprint density at radius 2 is 1.95 bits per heavy atom. The maximum absolute atomic E-state index is 11.9. The highest BCUT2D eigenvalue weighted by atomic mass is 35.5. The van der Waals surface area contributed by atoms with E-state index in [1.54, 1.807) is 6.92 Å². The predicted molar refractivity (Wildman–Crippen MR) is 79.7 cm³/mol. The minimum absolute atomic E-state index is 0.00964. The SMILES string of the molecule is CC(Cl)C(=O)N1CCCC(CC(=O)OC(C)(C)C)CC1. The van der Waals surface area contributed by atoms with E-state index in [0.29, 0.717) is 18.9 Å². The van der Waals surface area contributed by atoms with Crippen LogP contribution in [0.15, 0.2) is 0 Å². The lowest BCUT2D eigenvalue weighted by Crippen LogP contribution is -2.36. The Morgan fingerprint density at radius 1 is 1.30 bits per heavy atom. The number of hydrogen-bond donors (Lipinski definition) is 0. The zero-order valence-electron chi connectivity index (χ0n) is 12.9. The van der Waals surface area contributed by atoms with Gasteiger partial charge in [-0.1, -0.05) is 0 Å². The maximum Gasteiger partial charge on any atom is 0.306 e. The van der Waals surface area contributed by atoms with Crippen LogP contribution in [0.5, 0.6) is 0 Å². The molecule has 0 aromatic carbocycles. The number of hydrogen-bond acceptors (Lipinski definition) is 3. The number of halogens is 1. The molecule has 2 unspecified atom stereocenters. The Morgan fingerprint density at radius 3 is 2.50 bits per heavy atom. The third kappa shape index (κ3) is 6.12. The van der Waals surface area contributed by atoms with E-state index >= 15 is 0 Å². The lowest BCUT2D eigenvalue weighted by Gasteiger charge is -2.22. The van der Waals surface area contributed by atoms with Gasteiger partial charge in [0, 0.05) is 19.5 Å². The number of rotatable bonds is 3. The van der Waals surface area contributed by atoms with Crippen molar-refractivity contribution in [3.8, 4) is 0 Å². The van der Waals surface area contributed by atoms with Crippen molar-refractivity contribution in [1.29, 1.82) is 0 Å². The van der Waals surface area contributed by atoms with Crippen molar-refractivity contribution < 1.29 is 14.3 Å². The minimum atomic E-state index is -0.475. The third-order valence-corrected chi connectivity index (χ3v) is 3.56. The highest BCUT2D eigenvalue weighted by molar-refractivity contribution is 6.30. The third-order valence-electron chi connectivity index (χ3n) is 3.37. The molecule has 1 aliphatic heterocycles. The molecule has 0 saturated carbocycles. The molecule has 0 aromatic heterocycles. The topological polar surface area (TPSA) is 46.6 Å². The normalized spacial score (nSPS) is 22.1. The Kier molecular flexibility index (Phi) is 6.31. The molecule has 1 heterocycles. The molecule has 5 heteroatoms. The van der Waals surface area contributed by atoms with Gasteiger partial charge < -0.3 is 9.64 Å². The van der Waals surface area contributed by atoms with Crippen molar-refractivity contribution in [3.63, 3.8) is 0 Å². The van der Waals surface area contributed by atoms with Crippen LogP contribution >= 0.6 is 11.6 Å². The zero-order chi connectivity index (χ0) is 15.3. The van der Waals surface area contributed by atoms with Gasteiger partial charge in [-0.2, -0.15) is 0 Å². The van der Waals surface area contributed by atoms with Gasteiger partial charge in [0.2, 0.25) is 5.91 Å². The van der Waals surface area contributed by atoms with Gasteiger partial charge in [-0.3, -0.25) is 9.59 Å². The van der Waals surface area contributed by atoms with Crippen LogP contribution in [0.3, 0.4) is 0 Å². The molecule has 1 saturated heterocycles. The van der Waals surface area contributed by atoms with E-state index in [4.69, 9.17) is 16.3 Å². The molecule has 1 amide bonds. The number of carbonyl (C=O) groups is 2. The molecular formula is C15H26ClNO3. The lowest BCUT2D eigenvalue weighted by atomic mass is 9.97. The number of amides is 1. The second kappa shape index (κ2) is 7.30. The van der Waals surface area contributed by atoms with E-state index in [-0.39, 0.29) is 11.9 Å². The van der Waals surface area contributed by atoms with E-state index in [0.717, 1.165) is 25.8 Å². The summed E-state index contributed by atoms with van der Waals surface area (Å²) in [6, 6.07) is 0. The average Bonchev–Trinajstić information content (AvgIpc) is 2.50. The Bertz CT molecular complexity index is 350. The van der Waals surface area contributed by atoms with Gasteiger partial charge in [0.05, 0.1) is 0 Å². The molecule has 116 valence electrons. The monoisotopic (exact) mass is 303 g/mol. The molecule has 20 heavy (non-hydrogen) atoms. The molecule has 0 spiro atoms. The molecule has 0 bridgehead atoms. The zero-order valence-corrected chi connectivity index (χ0v) is 13.7. The summed E-state index contributed by atoms with van der Waals surface area (Å²) in [6.07, 6.45) is 3.16. The maximum atomic E-state index is 11.9. The van der Waals surface area contributed by atoms with E-state index in [2.05, 4.69) is 0 Å². The van der Waals surface area contributed by atoms with Crippen LogP contribution in [-0.4, -0.2) is 40.8 Å². The van der Waals surface area contributed by atoms with Crippen molar-refractivity contribution in [1.82, 2.24) is 4.90 Å². The first kappa shape index (κ1) is 17.3. The van der Waals surface area contributed by atoms with Crippen molar-refractivity contribution >= 4 is 23.5 Å². The molecule has 0 aromatic rings. The minimum Gasteiger partial charge on any atom is -0.460 e.